The SMILES string of the molecule is CC1=C(C#N)c2nc(N)c(C#N)c(C)c2C1=Cc1ccsc1. The molecule has 2 aromatic rings. The van der Waals surface area contributed by atoms with Crippen LogP contribution in [0.5, 0.6) is 0 Å². The van der Waals surface area contributed by atoms with Crippen LogP contribution in [0.15, 0.2) is 22.4 Å². The summed E-state index contributed by atoms with van der Waals surface area (Å²) in [4.78, 5) is 4.30. The van der Waals surface area contributed by atoms with Gasteiger partial charge in [-0.3, -0.25) is 0 Å². The van der Waals surface area contributed by atoms with Crippen LogP contribution in [0.3, 0.4) is 0 Å². The van der Waals surface area contributed by atoms with E-state index in [1.807, 2.05) is 36.7 Å². The van der Waals surface area contributed by atoms with Crippen molar-refractivity contribution < 1.29 is 0 Å². The van der Waals surface area contributed by atoms with Gasteiger partial charge in [-0.2, -0.15) is 21.9 Å². The van der Waals surface area contributed by atoms with Crippen molar-refractivity contribution in [2.24, 2.45) is 0 Å². The van der Waals surface area contributed by atoms with Gasteiger partial charge in [-0.25, -0.2) is 4.98 Å². The van der Waals surface area contributed by atoms with Gasteiger partial charge in [0.25, 0.3) is 0 Å². The number of allylic oxidation sites excluding steroid dienone is 3. The monoisotopic (exact) mass is 304 g/mol. The molecule has 0 atom stereocenters. The number of pyridine rings is 1. The summed E-state index contributed by atoms with van der Waals surface area (Å²) in [5, 5.41) is 22.8. The van der Waals surface area contributed by atoms with E-state index < -0.39 is 0 Å². The Hall–Kier alpha value is -2.89. The third-order valence-electron chi connectivity index (χ3n) is 3.84. The van der Waals surface area contributed by atoms with Crippen LogP contribution in [-0.2, 0) is 0 Å². The summed E-state index contributed by atoms with van der Waals surface area (Å²) >= 11 is 1.61. The molecule has 0 fully saturated rings. The van der Waals surface area contributed by atoms with Gasteiger partial charge in [0.15, 0.2) is 0 Å². The van der Waals surface area contributed by atoms with E-state index >= 15 is 0 Å². The van der Waals surface area contributed by atoms with E-state index in [-0.39, 0.29) is 5.82 Å². The second-order valence-corrected chi connectivity index (χ2v) is 5.84. The summed E-state index contributed by atoms with van der Waals surface area (Å²) in [5.74, 6) is 0.177. The number of nitrogens with two attached hydrogens (primary N) is 1. The van der Waals surface area contributed by atoms with Crippen molar-refractivity contribution in [2.75, 3.05) is 5.73 Å². The standard InChI is InChI=1S/C17H12N4S/c1-9-12(5-11-3-4-22-8-11)15-10(2)14(7-19)17(20)21-16(15)13(9)6-18/h3-5,8H,1-2H3,(H2,20,21). The second kappa shape index (κ2) is 5.14. The Morgan fingerprint density at radius 1 is 1.27 bits per heavy atom. The van der Waals surface area contributed by atoms with Gasteiger partial charge in [-0.1, -0.05) is 0 Å². The third-order valence-corrected chi connectivity index (χ3v) is 4.54. The van der Waals surface area contributed by atoms with E-state index in [9.17, 15) is 10.5 Å². The van der Waals surface area contributed by atoms with Crippen molar-refractivity contribution in [3.05, 3.63) is 50.3 Å². The Morgan fingerprint density at radius 2 is 2.05 bits per heavy atom. The molecule has 0 aliphatic heterocycles. The normalized spacial score (nSPS) is 14.8. The van der Waals surface area contributed by atoms with Crippen LogP contribution >= 0.6 is 11.3 Å². The molecule has 0 saturated carbocycles. The van der Waals surface area contributed by atoms with Crippen LogP contribution < -0.4 is 5.73 Å². The van der Waals surface area contributed by atoms with Crippen LogP contribution in [0, 0.1) is 29.6 Å². The second-order valence-electron chi connectivity index (χ2n) is 5.06. The van der Waals surface area contributed by atoms with E-state index in [0.717, 1.165) is 27.8 Å². The van der Waals surface area contributed by atoms with E-state index in [0.29, 0.717) is 16.8 Å². The summed E-state index contributed by atoms with van der Waals surface area (Å²) in [6.45, 7) is 3.75. The molecule has 0 amide bonds. The number of fused-ring (bicyclic) bond motifs is 1. The summed E-state index contributed by atoms with van der Waals surface area (Å²) in [6.07, 6.45) is 2.03. The molecule has 0 radical (unpaired) electrons. The van der Waals surface area contributed by atoms with Crippen molar-refractivity contribution in [1.29, 1.82) is 10.5 Å². The minimum atomic E-state index is 0.177. The fraction of sp³-hybridized carbons (Fsp3) is 0.118. The molecule has 0 unspecified atom stereocenters. The van der Waals surface area contributed by atoms with Crippen molar-refractivity contribution >= 4 is 34.4 Å². The molecule has 106 valence electrons. The van der Waals surface area contributed by atoms with Gasteiger partial charge in [0.1, 0.15) is 18.0 Å². The van der Waals surface area contributed by atoms with E-state index in [4.69, 9.17) is 5.73 Å². The molecule has 2 aromatic heterocycles. The zero-order valence-electron chi connectivity index (χ0n) is 12.1. The number of nitrogen functional groups attached to an aromatic ring is 1. The maximum Gasteiger partial charge on any atom is 0.142 e. The third kappa shape index (κ3) is 1.92. The molecule has 2 heterocycles. The molecule has 3 rings (SSSR count). The van der Waals surface area contributed by atoms with Crippen molar-refractivity contribution in [1.82, 2.24) is 4.98 Å². The first-order valence-corrected chi connectivity index (χ1v) is 7.59. The average Bonchev–Trinajstić information content (AvgIpc) is 3.07. The molecule has 1 aliphatic carbocycles. The van der Waals surface area contributed by atoms with Crippen LogP contribution in [0.25, 0.3) is 17.2 Å². The highest BCUT2D eigenvalue weighted by molar-refractivity contribution is 7.08. The molecule has 0 bridgehead atoms. The average molecular weight is 304 g/mol. The minimum absolute atomic E-state index is 0.177. The van der Waals surface area contributed by atoms with Crippen molar-refractivity contribution in [2.45, 2.75) is 13.8 Å². The van der Waals surface area contributed by atoms with Gasteiger partial charge in [0.2, 0.25) is 0 Å². The molecular formula is C17H12N4S. The predicted molar refractivity (Wildman–Crippen MR) is 88.5 cm³/mol. The van der Waals surface area contributed by atoms with Crippen LogP contribution in [-0.4, -0.2) is 4.98 Å². The fourth-order valence-electron chi connectivity index (χ4n) is 2.72. The lowest BCUT2D eigenvalue weighted by molar-refractivity contribution is 1.22. The molecular weight excluding hydrogens is 292 g/mol. The fourth-order valence-corrected chi connectivity index (χ4v) is 3.34. The Morgan fingerprint density at radius 3 is 2.64 bits per heavy atom. The lowest BCUT2D eigenvalue weighted by Crippen LogP contribution is -2.03. The number of nitriles is 2. The Labute approximate surface area is 132 Å². The number of hydrogen-bond acceptors (Lipinski definition) is 5. The number of anilines is 1. The van der Waals surface area contributed by atoms with Gasteiger partial charge in [-0.15, -0.1) is 0 Å². The first-order chi connectivity index (χ1) is 10.6. The molecule has 1 aliphatic rings. The first-order valence-electron chi connectivity index (χ1n) is 6.64. The largest absolute Gasteiger partial charge is 0.383 e. The molecule has 4 nitrogen and oxygen atoms in total. The van der Waals surface area contributed by atoms with Gasteiger partial charge < -0.3 is 5.73 Å². The van der Waals surface area contributed by atoms with Gasteiger partial charge in [0, 0.05) is 5.56 Å². The first kappa shape index (κ1) is 14.1. The van der Waals surface area contributed by atoms with Crippen LogP contribution in [0.4, 0.5) is 5.82 Å². The zero-order chi connectivity index (χ0) is 15.9. The maximum absolute atomic E-state index is 9.46. The van der Waals surface area contributed by atoms with Crippen LogP contribution in [0.2, 0.25) is 0 Å². The highest BCUT2D eigenvalue weighted by Crippen LogP contribution is 2.44. The highest BCUT2D eigenvalue weighted by atomic mass is 32.1. The number of hydrogen-bond donors (Lipinski definition) is 1. The van der Waals surface area contributed by atoms with Gasteiger partial charge in [-0.05, 0) is 59.0 Å². The van der Waals surface area contributed by atoms with Gasteiger partial charge >= 0.3 is 0 Å². The molecule has 5 heteroatoms. The van der Waals surface area contributed by atoms with Crippen molar-refractivity contribution in [3.63, 3.8) is 0 Å². The van der Waals surface area contributed by atoms with Crippen molar-refractivity contribution in [3.8, 4) is 12.1 Å². The summed E-state index contributed by atoms with van der Waals surface area (Å²) in [6, 6.07) is 6.33. The van der Waals surface area contributed by atoms with Crippen LogP contribution in [0.1, 0.15) is 34.9 Å². The number of rotatable bonds is 1. The summed E-state index contributed by atoms with van der Waals surface area (Å²) in [7, 11) is 0. The van der Waals surface area contributed by atoms with E-state index in [1.54, 1.807) is 11.3 Å². The molecule has 0 spiro atoms. The topological polar surface area (TPSA) is 86.5 Å². The van der Waals surface area contributed by atoms with E-state index in [1.165, 1.54) is 0 Å². The quantitative estimate of drug-likeness (QED) is 0.869. The van der Waals surface area contributed by atoms with Gasteiger partial charge in [0.05, 0.1) is 16.8 Å². The maximum atomic E-state index is 9.46. The smallest absolute Gasteiger partial charge is 0.142 e. The lowest BCUT2D eigenvalue weighted by Gasteiger charge is -2.10. The predicted octanol–water partition coefficient (Wildman–Crippen LogP) is 3.76. The number of nitrogens with zero attached hydrogens (tertiary/aromatic N) is 3. The Balaban J connectivity index is 2.36. The Kier molecular flexibility index (Phi) is 3.29. The zero-order valence-corrected chi connectivity index (χ0v) is 13.0. The Bertz CT molecular complexity index is 919. The summed E-state index contributed by atoms with van der Waals surface area (Å²) in [5.41, 5.74) is 11.8. The summed E-state index contributed by atoms with van der Waals surface area (Å²) < 4.78 is 0. The number of thiophene rings is 1. The minimum Gasteiger partial charge on any atom is -0.383 e. The highest BCUT2D eigenvalue weighted by Gasteiger charge is 2.29. The molecule has 22 heavy (non-hydrogen) atoms. The van der Waals surface area contributed by atoms with E-state index in [2.05, 4.69) is 17.1 Å². The lowest BCUT2D eigenvalue weighted by atomic mass is 9.96. The molecule has 0 saturated heterocycles. The number of aromatic nitrogens is 1. The molecule has 2 N–H and O–H groups in total. The molecule has 0 aromatic carbocycles.